The lowest BCUT2D eigenvalue weighted by molar-refractivity contribution is 0.532. The molecule has 1 heterocycles. The van der Waals surface area contributed by atoms with Gasteiger partial charge in [0.25, 0.3) is 0 Å². The summed E-state index contributed by atoms with van der Waals surface area (Å²) in [7, 11) is 0. The molecule has 1 N–H and O–H groups in total. The van der Waals surface area contributed by atoms with Crippen LogP contribution in [0.1, 0.15) is 29.8 Å². The number of benzene rings is 1. The van der Waals surface area contributed by atoms with Gasteiger partial charge in [0.2, 0.25) is 0 Å². The van der Waals surface area contributed by atoms with Gasteiger partial charge in [0.15, 0.2) is 0 Å². The van der Waals surface area contributed by atoms with E-state index in [9.17, 15) is 0 Å². The molecule has 4 heteroatoms. The molecule has 0 aliphatic rings. The number of nitrogens with one attached hydrogen (secondary N) is 1. The molecule has 0 spiro atoms. The first-order valence-corrected chi connectivity index (χ1v) is 8.04. The normalized spacial score (nSPS) is 12.6. The van der Waals surface area contributed by atoms with Gasteiger partial charge in [0, 0.05) is 27.4 Å². The Labute approximate surface area is 128 Å². The van der Waals surface area contributed by atoms with Crippen molar-refractivity contribution in [1.29, 1.82) is 0 Å². The summed E-state index contributed by atoms with van der Waals surface area (Å²) in [4.78, 5) is 1.37. The molecule has 0 aliphatic carbocycles. The fourth-order valence-electron chi connectivity index (χ4n) is 2.03. The van der Waals surface area contributed by atoms with Crippen LogP contribution in [0.15, 0.2) is 35.7 Å². The van der Waals surface area contributed by atoms with Crippen molar-refractivity contribution in [3.05, 3.63) is 56.2 Å². The van der Waals surface area contributed by atoms with Crippen molar-refractivity contribution in [2.24, 2.45) is 0 Å². The summed E-state index contributed by atoms with van der Waals surface area (Å²) in [6.45, 7) is 3.15. The van der Waals surface area contributed by atoms with Gasteiger partial charge >= 0.3 is 0 Å². The molecule has 0 bridgehead atoms. The van der Waals surface area contributed by atoms with Crippen molar-refractivity contribution in [3.63, 3.8) is 0 Å². The molecule has 0 radical (unpaired) electrons. The van der Waals surface area contributed by atoms with E-state index in [-0.39, 0.29) is 6.04 Å². The van der Waals surface area contributed by atoms with E-state index in [0.717, 1.165) is 24.9 Å². The van der Waals surface area contributed by atoms with Crippen LogP contribution in [0, 0.1) is 0 Å². The molecule has 0 fully saturated rings. The van der Waals surface area contributed by atoms with E-state index < -0.39 is 0 Å². The zero-order valence-electron chi connectivity index (χ0n) is 10.8. The lowest BCUT2D eigenvalue weighted by Gasteiger charge is -2.19. The Hall–Kier alpha value is -0.540. The quantitative estimate of drug-likeness (QED) is 0.759. The molecule has 102 valence electrons. The first-order chi connectivity index (χ1) is 9.19. The number of thiophene rings is 1. The zero-order valence-corrected chi connectivity index (χ0v) is 13.2. The van der Waals surface area contributed by atoms with Crippen LogP contribution in [0.25, 0.3) is 0 Å². The highest BCUT2D eigenvalue weighted by atomic mass is 35.5. The molecular weight excluding hydrogens is 297 g/mol. The molecule has 1 aromatic carbocycles. The van der Waals surface area contributed by atoms with E-state index in [1.54, 1.807) is 17.4 Å². The van der Waals surface area contributed by atoms with Crippen molar-refractivity contribution in [2.75, 3.05) is 6.54 Å². The highest BCUT2D eigenvalue weighted by Crippen LogP contribution is 2.27. The third-order valence-corrected chi connectivity index (χ3v) is 4.25. The molecule has 1 atom stereocenters. The maximum atomic E-state index is 6.10. The maximum absolute atomic E-state index is 6.10. The van der Waals surface area contributed by atoms with Crippen molar-refractivity contribution in [2.45, 2.75) is 25.8 Å². The summed E-state index contributed by atoms with van der Waals surface area (Å²) in [5, 5.41) is 7.06. The molecule has 0 amide bonds. The van der Waals surface area contributed by atoms with Crippen LogP contribution < -0.4 is 5.32 Å². The molecule has 1 aromatic heterocycles. The van der Waals surface area contributed by atoms with E-state index in [2.05, 4.69) is 29.8 Å². The van der Waals surface area contributed by atoms with Gasteiger partial charge in [0.05, 0.1) is 0 Å². The Balaban J connectivity index is 2.20. The first-order valence-electron chi connectivity index (χ1n) is 6.40. The van der Waals surface area contributed by atoms with Crippen LogP contribution in [0.5, 0.6) is 0 Å². The van der Waals surface area contributed by atoms with E-state index in [1.807, 2.05) is 12.1 Å². The van der Waals surface area contributed by atoms with Crippen molar-refractivity contribution >= 4 is 34.5 Å². The van der Waals surface area contributed by atoms with Gasteiger partial charge in [-0.3, -0.25) is 0 Å². The third kappa shape index (κ3) is 4.50. The standard InChI is InChI=1S/C15H17Cl2NS/c1-2-5-18-15(10-14-4-3-6-19-14)11-7-12(16)9-13(17)8-11/h3-4,6-9,15,18H,2,5,10H2,1H3. The van der Waals surface area contributed by atoms with Crippen LogP contribution in [0.2, 0.25) is 10.0 Å². The highest BCUT2D eigenvalue weighted by molar-refractivity contribution is 7.09. The molecule has 0 saturated carbocycles. The number of halogens is 2. The molecule has 0 saturated heterocycles. The summed E-state index contributed by atoms with van der Waals surface area (Å²) in [6.07, 6.45) is 2.07. The van der Waals surface area contributed by atoms with E-state index in [0.29, 0.717) is 10.0 Å². The first kappa shape index (κ1) is 14.9. The van der Waals surface area contributed by atoms with Crippen LogP contribution in [0.3, 0.4) is 0 Å². The molecule has 2 aromatic rings. The fraction of sp³-hybridized carbons (Fsp3) is 0.333. The maximum Gasteiger partial charge on any atom is 0.0424 e. The van der Waals surface area contributed by atoms with Crippen LogP contribution in [0.4, 0.5) is 0 Å². The van der Waals surface area contributed by atoms with E-state index >= 15 is 0 Å². The molecule has 1 nitrogen and oxygen atoms in total. The fourth-order valence-corrected chi connectivity index (χ4v) is 3.33. The Morgan fingerprint density at radius 3 is 2.53 bits per heavy atom. The summed E-state index contributed by atoms with van der Waals surface area (Å²) in [5.74, 6) is 0. The zero-order chi connectivity index (χ0) is 13.7. The smallest absolute Gasteiger partial charge is 0.0424 e. The van der Waals surface area contributed by atoms with Gasteiger partial charge in [-0.1, -0.05) is 36.2 Å². The van der Waals surface area contributed by atoms with Gasteiger partial charge in [0.1, 0.15) is 0 Å². The molecule has 2 rings (SSSR count). The number of hydrogen-bond donors (Lipinski definition) is 1. The second-order valence-corrected chi connectivity index (χ2v) is 6.40. The van der Waals surface area contributed by atoms with Gasteiger partial charge in [-0.2, -0.15) is 0 Å². The molecule has 1 unspecified atom stereocenters. The Bertz CT molecular complexity index is 491. The van der Waals surface area contributed by atoms with Crippen LogP contribution in [-0.2, 0) is 6.42 Å². The second kappa shape index (κ2) is 7.30. The minimum atomic E-state index is 0.259. The van der Waals surface area contributed by atoms with E-state index in [4.69, 9.17) is 23.2 Å². The summed E-state index contributed by atoms with van der Waals surface area (Å²) >= 11 is 14.0. The highest BCUT2D eigenvalue weighted by Gasteiger charge is 2.13. The molecular formula is C15H17Cl2NS. The summed E-state index contributed by atoms with van der Waals surface area (Å²) < 4.78 is 0. The minimum absolute atomic E-state index is 0.259. The average Bonchev–Trinajstić information content (AvgIpc) is 2.86. The predicted molar refractivity (Wildman–Crippen MR) is 85.5 cm³/mol. The average molecular weight is 314 g/mol. The monoisotopic (exact) mass is 313 g/mol. The Morgan fingerprint density at radius 2 is 1.95 bits per heavy atom. The van der Waals surface area contributed by atoms with Crippen LogP contribution in [-0.4, -0.2) is 6.54 Å². The SMILES string of the molecule is CCCNC(Cc1cccs1)c1cc(Cl)cc(Cl)c1. The van der Waals surface area contributed by atoms with Crippen molar-refractivity contribution in [3.8, 4) is 0 Å². The topological polar surface area (TPSA) is 12.0 Å². The minimum Gasteiger partial charge on any atom is -0.310 e. The van der Waals surface area contributed by atoms with E-state index in [1.165, 1.54) is 4.88 Å². The van der Waals surface area contributed by atoms with Gasteiger partial charge in [-0.15, -0.1) is 11.3 Å². The molecule has 19 heavy (non-hydrogen) atoms. The number of hydrogen-bond acceptors (Lipinski definition) is 2. The number of rotatable bonds is 6. The Morgan fingerprint density at radius 1 is 1.21 bits per heavy atom. The lowest BCUT2D eigenvalue weighted by Crippen LogP contribution is -2.23. The predicted octanol–water partition coefficient (Wildman–Crippen LogP) is 5.34. The van der Waals surface area contributed by atoms with Crippen molar-refractivity contribution in [1.82, 2.24) is 5.32 Å². The van der Waals surface area contributed by atoms with Gasteiger partial charge in [-0.25, -0.2) is 0 Å². The van der Waals surface area contributed by atoms with Crippen molar-refractivity contribution < 1.29 is 0 Å². The largest absolute Gasteiger partial charge is 0.310 e. The van der Waals surface area contributed by atoms with Crippen LogP contribution >= 0.6 is 34.5 Å². The summed E-state index contributed by atoms with van der Waals surface area (Å²) in [5.41, 5.74) is 1.15. The third-order valence-electron chi connectivity index (χ3n) is 2.91. The van der Waals surface area contributed by atoms with Gasteiger partial charge < -0.3 is 5.32 Å². The summed E-state index contributed by atoms with van der Waals surface area (Å²) in [6, 6.07) is 10.3. The Kier molecular flexibility index (Phi) is 5.71. The lowest BCUT2D eigenvalue weighted by atomic mass is 10.0. The second-order valence-electron chi connectivity index (χ2n) is 4.49. The molecule has 0 aliphatic heterocycles. The van der Waals surface area contributed by atoms with Gasteiger partial charge in [-0.05, 0) is 48.2 Å².